The Morgan fingerprint density at radius 1 is 1.10 bits per heavy atom. The summed E-state index contributed by atoms with van der Waals surface area (Å²) in [6, 6.07) is 9.18. The van der Waals surface area contributed by atoms with Crippen LogP contribution < -0.4 is 4.31 Å². The fourth-order valence-electron chi connectivity index (χ4n) is 2.28. The predicted molar refractivity (Wildman–Crippen MR) is 84.6 cm³/mol. The first-order valence-electron chi connectivity index (χ1n) is 5.95. The van der Waals surface area contributed by atoms with Gasteiger partial charge in [-0.3, -0.25) is 9.10 Å². The normalized spacial score (nSPS) is 16.1. The van der Waals surface area contributed by atoms with E-state index < -0.39 is 10.0 Å². The first-order chi connectivity index (χ1) is 9.82. The zero-order valence-electron chi connectivity index (χ0n) is 10.8. The van der Waals surface area contributed by atoms with Crippen molar-refractivity contribution < 1.29 is 13.2 Å². The monoisotopic (exact) mass is 385 g/mol. The van der Waals surface area contributed by atoms with Crippen molar-refractivity contribution in [1.29, 1.82) is 0 Å². The summed E-state index contributed by atoms with van der Waals surface area (Å²) in [5.74, 6) is -0.342. The summed E-state index contributed by atoms with van der Waals surface area (Å²) in [6.45, 7) is 0. The molecule has 4 nitrogen and oxygen atoms in total. The van der Waals surface area contributed by atoms with Gasteiger partial charge in [0.2, 0.25) is 0 Å². The van der Waals surface area contributed by atoms with E-state index in [1.807, 2.05) is 0 Å². The summed E-state index contributed by atoms with van der Waals surface area (Å²) in [6.07, 6.45) is 0. The molecule has 0 aromatic heterocycles. The minimum absolute atomic E-state index is 0.0742. The summed E-state index contributed by atoms with van der Waals surface area (Å²) < 4.78 is 27.2. The van der Waals surface area contributed by atoms with Crippen LogP contribution in [-0.2, 0) is 10.0 Å². The first kappa shape index (κ1) is 14.6. The number of hydrogen-bond donors (Lipinski definition) is 0. The van der Waals surface area contributed by atoms with Gasteiger partial charge in [-0.2, -0.15) is 0 Å². The number of nitrogens with zero attached hydrogens (tertiary/aromatic N) is 1. The van der Waals surface area contributed by atoms with Crippen molar-refractivity contribution >= 4 is 49.0 Å². The molecule has 21 heavy (non-hydrogen) atoms. The Kier molecular flexibility index (Phi) is 3.35. The van der Waals surface area contributed by atoms with Crippen LogP contribution in [0.15, 0.2) is 45.8 Å². The maximum absolute atomic E-state index is 12.7. The van der Waals surface area contributed by atoms with Crippen LogP contribution in [0.5, 0.6) is 0 Å². The Morgan fingerprint density at radius 3 is 2.52 bits per heavy atom. The van der Waals surface area contributed by atoms with E-state index >= 15 is 0 Å². The second-order valence-electron chi connectivity index (χ2n) is 4.60. The van der Waals surface area contributed by atoms with Gasteiger partial charge in [0.25, 0.3) is 10.0 Å². The molecule has 0 amide bonds. The zero-order chi connectivity index (χ0) is 15.4. The SMILES string of the molecule is CN1c2ccc(Br)cc2C(=O)c2ccc(Cl)cc2S1(=O)=O. The zero-order valence-corrected chi connectivity index (χ0v) is 14.0. The molecule has 3 rings (SSSR count). The number of ketones is 1. The van der Waals surface area contributed by atoms with Crippen LogP contribution in [0.25, 0.3) is 0 Å². The summed E-state index contributed by atoms with van der Waals surface area (Å²) in [5, 5.41) is 0.269. The third-order valence-corrected chi connectivity index (χ3v) is 5.91. The fraction of sp³-hybridized carbons (Fsp3) is 0.0714. The van der Waals surface area contributed by atoms with Crippen molar-refractivity contribution in [3.05, 3.63) is 57.0 Å². The number of fused-ring (bicyclic) bond motifs is 2. The van der Waals surface area contributed by atoms with E-state index in [-0.39, 0.29) is 21.3 Å². The van der Waals surface area contributed by atoms with E-state index in [1.165, 1.54) is 25.2 Å². The minimum atomic E-state index is -3.83. The summed E-state index contributed by atoms with van der Waals surface area (Å²) in [4.78, 5) is 12.6. The van der Waals surface area contributed by atoms with Crippen LogP contribution in [0.3, 0.4) is 0 Å². The second-order valence-corrected chi connectivity index (χ2v) is 7.89. The molecule has 108 valence electrons. The Hall–Kier alpha value is -1.37. The predicted octanol–water partition coefficient (Wildman–Crippen LogP) is 3.47. The van der Waals surface area contributed by atoms with Gasteiger partial charge in [0.15, 0.2) is 5.78 Å². The molecule has 0 aliphatic carbocycles. The van der Waals surface area contributed by atoms with Crippen molar-refractivity contribution in [2.75, 3.05) is 11.4 Å². The maximum atomic E-state index is 12.7. The van der Waals surface area contributed by atoms with Crippen molar-refractivity contribution in [2.45, 2.75) is 4.90 Å². The lowest BCUT2D eigenvalue weighted by Crippen LogP contribution is -2.26. The first-order valence-corrected chi connectivity index (χ1v) is 8.56. The highest BCUT2D eigenvalue weighted by Gasteiger charge is 2.34. The third kappa shape index (κ3) is 2.18. The average molecular weight is 387 g/mol. The number of carbonyl (C=O) groups excluding carboxylic acids is 1. The van der Waals surface area contributed by atoms with E-state index in [0.29, 0.717) is 15.7 Å². The van der Waals surface area contributed by atoms with Gasteiger partial charge in [0.1, 0.15) is 4.90 Å². The van der Waals surface area contributed by atoms with Crippen LogP contribution in [0, 0.1) is 0 Å². The van der Waals surface area contributed by atoms with Gasteiger partial charge in [-0.1, -0.05) is 27.5 Å². The van der Waals surface area contributed by atoms with E-state index in [9.17, 15) is 13.2 Å². The maximum Gasteiger partial charge on any atom is 0.264 e. The van der Waals surface area contributed by atoms with Crippen LogP contribution in [-0.4, -0.2) is 21.2 Å². The summed E-state index contributed by atoms with van der Waals surface area (Å²) in [7, 11) is -2.40. The van der Waals surface area contributed by atoms with Gasteiger partial charge in [0.05, 0.1) is 5.69 Å². The Balaban J connectivity index is 2.43. The van der Waals surface area contributed by atoms with Gasteiger partial charge < -0.3 is 0 Å². The molecule has 7 heteroatoms. The molecule has 0 unspecified atom stereocenters. The molecular formula is C14H9BrClNO3S. The highest BCUT2D eigenvalue weighted by molar-refractivity contribution is 9.10. The molecule has 0 atom stereocenters. The van der Waals surface area contributed by atoms with Gasteiger partial charge in [0, 0.05) is 27.7 Å². The number of sulfonamides is 1. The molecule has 0 radical (unpaired) electrons. The molecule has 0 spiro atoms. The van der Waals surface area contributed by atoms with Gasteiger partial charge >= 0.3 is 0 Å². The molecule has 0 bridgehead atoms. The number of carbonyl (C=O) groups is 1. The molecule has 2 aromatic rings. The van der Waals surface area contributed by atoms with Crippen LogP contribution in [0.2, 0.25) is 5.02 Å². The quantitative estimate of drug-likeness (QED) is 0.696. The summed E-state index contributed by atoms with van der Waals surface area (Å²) in [5.41, 5.74) is 0.801. The molecule has 1 aliphatic heterocycles. The topological polar surface area (TPSA) is 54.5 Å². The van der Waals surface area contributed by atoms with Crippen molar-refractivity contribution in [3.63, 3.8) is 0 Å². The number of anilines is 1. The Labute approximate surface area is 135 Å². The molecule has 0 saturated carbocycles. The smallest absolute Gasteiger partial charge is 0.264 e. The molecule has 2 aromatic carbocycles. The van der Waals surface area contributed by atoms with Crippen LogP contribution >= 0.6 is 27.5 Å². The van der Waals surface area contributed by atoms with Gasteiger partial charge in [-0.05, 0) is 36.4 Å². The standard InChI is InChI=1S/C14H9BrClNO3S/c1-17-12-5-2-8(15)6-11(12)14(18)10-4-3-9(16)7-13(10)21(17,19)20/h2-7H,1H3. The Morgan fingerprint density at radius 2 is 1.81 bits per heavy atom. The highest BCUT2D eigenvalue weighted by atomic mass is 79.9. The molecule has 1 heterocycles. The molecular weight excluding hydrogens is 378 g/mol. The van der Waals surface area contributed by atoms with Gasteiger partial charge in [-0.15, -0.1) is 0 Å². The van der Waals surface area contributed by atoms with E-state index in [2.05, 4.69) is 15.9 Å². The largest absolute Gasteiger partial charge is 0.288 e. The second kappa shape index (κ2) is 4.83. The lowest BCUT2D eigenvalue weighted by atomic mass is 10.0. The van der Waals surface area contributed by atoms with Crippen molar-refractivity contribution in [1.82, 2.24) is 0 Å². The van der Waals surface area contributed by atoms with Crippen molar-refractivity contribution in [3.8, 4) is 0 Å². The van der Waals surface area contributed by atoms with E-state index in [4.69, 9.17) is 11.6 Å². The molecule has 0 N–H and O–H groups in total. The number of rotatable bonds is 0. The number of benzene rings is 2. The lowest BCUT2D eigenvalue weighted by molar-refractivity contribution is 0.103. The Bertz CT molecular complexity index is 880. The molecule has 0 saturated heterocycles. The van der Waals surface area contributed by atoms with Crippen LogP contribution in [0.1, 0.15) is 15.9 Å². The van der Waals surface area contributed by atoms with Crippen LogP contribution in [0.4, 0.5) is 5.69 Å². The summed E-state index contributed by atoms with van der Waals surface area (Å²) >= 11 is 9.19. The number of halogens is 2. The molecule has 0 fully saturated rings. The van der Waals surface area contributed by atoms with Crippen molar-refractivity contribution in [2.24, 2.45) is 0 Å². The fourth-order valence-corrected chi connectivity index (χ4v) is 4.31. The number of hydrogen-bond acceptors (Lipinski definition) is 3. The van der Waals surface area contributed by atoms with E-state index in [0.717, 1.165) is 4.31 Å². The lowest BCUT2D eigenvalue weighted by Gasteiger charge is -2.19. The average Bonchev–Trinajstić information content (AvgIpc) is 2.50. The molecule has 1 aliphatic rings. The van der Waals surface area contributed by atoms with Gasteiger partial charge in [-0.25, -0.2) is 8.42 Å². The van der Waals surface area contributed by atoms with E-state index in [1.54, 1.807) is 18.2 Å². The minimum Gasteiger partial charge on any atom is -0.288 e. The third-order valence-electron chi connectivity index (χ3n) is 3.37. The highest BCUT2D eigenvalue weighted by Crippen LogP contribution is 2.36.